The van der Waals surface area contributed by atoms with E-state index in [1.165, 1.54) is 16.4 Å². The van der Waals surface area contributed by atoms with Gasteiger partial charge in [0.2, 0.25) is 11.1 Å². The van der Waals surface area contributed by atoms with Crippen molar-refractivity contribution in [3.8, 4) is 17.1 Å². The Morgan fingerprint density at radius 1 is 1.07 bits per heavy atom. The molecule has 30 heavy (non-hydrogen) atoms. The van der Waals surface area contributed by atoms with Crippen molar-refractivity contribution in [2.45, 2.75) is 17.3 Å². The van der Waals surface area contributed by atoms with Crippen LogP contribution < -0.4 is 15.9 Å². The third kappa shape index (κ3) is 4.08. The van der Waals surface area contributed by atoms with Crippen LogP contribution in [0.1, 0.15) is 6.92 Å². The number of benzene rings is 3. The van der Waals surface area contributed by atoms with Crippen molar-refractivity contribution >= 4 is 34.1 Å². The highest BCUT2D eigenvalue weighted by atomic mass is 32.2. The zero-order chi connectivity index (χ0) is 21.1. The number of fused-ring (bicyclic) bond motifs is 1. The number of carbonyl (C=O) groups excluding carboxylic acids is 1. The molecule has 3 N–H and O–H groups in total. The fourth-order valence-electron chi connectivity index (χ4n) is 3.02. The predicted octanol–water partition coefficient (Wildman–Crippen LogP) is 3.94. The quantitative estimate of drug-likeness (QED) is 0.363. The third-order valence-electron chi connectivity index (χ3n) is 4.68. The van der Waals surface area contributed by atoms with Crippen LogP contribution in [0.15, 0.2) is 71.9 Å². The van der Waals surface area contributed by atoms with E-state index in [0.717, 1.165) is 27.8 Å². The van der Waals surface area contributed by atoms with Crippen molar-refractivity contribution in [3.05, 3.63) is 66.7 Å². The summed E-state index contributed by atoms with van der Waals surface area (Å²) >= 11 is 1.25. The molecule has 0 bridgehead atoms. The number of hydrogen-bond donors (Lipinski definition) is 2. The number of methoxy groups -OCH3 is 1. The molecule has 0 unspecified atom stereocenters. The molecule has 4 rings (SSSR count). The number of thioether (sulfide) groups is 1. The molecule has 0 aliphatic heterocycles. The number of aromatic nitrogens is 3. The minimum atomic E-state index is -0.410. The molecular weight excluding hydrogens is 398 g/mol. The molecule has 1 atom stereocenters. The van der Waals surface area contributed by atoms with E-state index in [-0.39, 0.29) is 5.91 Å². The summed E-state index contributed by atoms with van der Waals surface area (Å²) in [7, 11) is 1.61. The van der Waals surface area contributed by atoms with Crippen molar-refractivity contribution < 1.29 is 9.53 Å². The van der Waals surface area contributed by atoms with Gasteiger partial charge in [0, 0.05) is 11.3 Å². The minimum absolute atomic E-state index is 0.135. The van der Waals surface area contributed by atoms with Gasteiger partial charge in [-0.15, -0.1) is 10.2 Å². The maximum atomic E-state index is 12.7. The number of hydrogen-bond acceptors (Lipinski definition) is 6. The SMILES string of the molecule is COc1ccc(-c2nnc(S[C@@H](C)C(=O)Nc3ccc4ccccc4c3)n2N)cc1. The number of nitrogens with zero attached hydrogens (tertiary/aromatic N) is 3. The molecule has 7 nitrogen and oxygen atoms in total. The van der Waals surface area contributed by atoms with Crippen LogP contribution in [-0.4, -0.2) is 33.1 Å². The lowest BCUT2D eigenvalue weighted by Gasteiger charge is -2.12. The number of carbonyl (C=O) groups is 1. The first kappa shape index (κ1) is 19.8. The van der Waals surface area contributed by atoms with Crippen LogP contribution in [0.25, 0.3) is 22.2 Å². The molecule has 3 aromatic carbocycles. The zero-order valence-corrected chi connectivity index (χ0v) is 17.4. The van der Waals surface area contributed by atoms with Gasteiger partial charge in [0.25, 0.3) is 0 Å². The molecule has 1 heterocycles. The van der Waals surface area contributed by atoms with E-state index in [0.29, 0.717) is 11.0 Å². The zero-order valence-electron chi connectivity index (χ0n) is 16.6. The maximum absolute atomic E-state index is 12.7. The van der Waals surface area contributed by atoms with E-state index in [2.05, 4.69) is 15.5 Å². The topological polar surface area (TPSA) is 95.1 Å². The molecule has 0 saturated carbocycles. The van der Waals surface area contributed by atoms with Crippen molar-refractivity contribution in [1.82, 2.24) is 14.9 Å². The molecular formula is C22H21N5O2S. The first-order valence-electron chi connectivity index (χ1n) is 9.36. The second kappa shape index (κ2) is 8.46. The second-order valence-electron chi connectivity index (χ2n) is 6.72. The lowest BCUT2D eigenvalue weighted by Crippen LogP contribution is -2.23. The third-order valence-corrected chi connectivity index (χ3v) is 5.74. The Labute approximate surface area is 178 Å². The second-order valence-corrected chi connectivity index (χ2v) is 8.02. The van der Waals surface area contributed by atoms with E-state index >= 15 is 0 Å². The average molecular weight is 420 g/mol. The van der Waals surface area contributed by atoms with Crippen molar-refractivity contribution in [1.29, 1.82) is 0 Å². The van der Waals surface area contributed by atoms with E-state index in [9.17, 15) is 4.79 Å². The van der Waals surface area contributed by atoms with Crippen molar-refractivity contribution in [2.75, 3.05) is 18.3 Å². The van der Waals surface area contributed by atoms with Gasteiger partial charge in [-0.1, -0.05) is 42.1 Å². The lowest BCUT2D eigenvalue weighted by atomic mass is 10.1. The Morgan fingerprint density at radius 2 is 1.80 bits per heavy atom. The van der Waals surface area contributed by atoms with Crippen LogP contribution in [0.2, 0.25) is 0 Å². The molecule has 0 aliphatic carbocycles. The highest BCUT2D eigenvalue weighted by Gasteiger charge is 2.20. The van der Waals surface area contributed by atoms with Gasteiger partial charge in [0.1, 0.15) is 5.75 Å². The number of anilines is 1. The fourth-order valence-corrected chi connectivity index (χ4v) is 3.79. The minimum Gasteiger partial charge on any atom is -0.497 e. The molecule has 1 amide bonds. The van der Waals surface area contributed by atoms with E-state index in [4.69, 9.17) is 10.6 Å². The summed E-state index contributed by atoms with van der Waals surface area (Å²) in [6.45, 7) is 1.81. The fraction of sp³-hybridized carbons (Fsp3) is 0.136. The molecule has 152 valence electrons. The monoisotopic (exact) mass is 419 g/mol. The van der Waals surface area contributed by atoms with Gasteiger partial charge in [0.15, 0.2) is 5.82 Å². The van der Waals surface area contributed by atoms with E-state index in [1.54, 1.807) is 7.11 Å². The standard InChI is InChI=1S/C22H21N5O2S/c1-14(21(28)24-18-10-7-15-5-3-4-6-17(15)13-18)30-22-26-25-20(27(22)23)16-8-11-19(29-2)12-9-16/h3-14H,23H2,1-2H3,(H,24,28)/t14-/m0/s1. The highest BCUT2D eigenvalue weighted by Crippen LogP contribution is 2.27. The van der Waals surface area contributed by atoms with E-state index in [1.807, 2.05) is 73.7 Å². The summed E-state index contributed by atoms with van der Waals surface area (Å²) in [5, 5.41) is 13.5. The summed E-state index contributed by atoms with van der Waals surface area (Å²) in [6.07, 6.45) is 0. The first-order chi connectivity index (χ1) is 14.5. The summed E-state index contributed by atoms with van der Waals surface area (Å²) in [5.41, 5.74) is 1.56. The van der Waals surface area contributed by atoms with Crippen LogP contribution in [0.5, 0.6) is 5.75 Å². The Kier molecular flexibility index (Phi) is 5.58. The molecule has 0 spiro atoms. The van der Waals surface area contributed by atoms with Gasteiger partial charge in [-0.2, -0.15) is 0 Å². The van der Waals surface area contributed by atoms with Crippen molar-refractivity contribution in [2.24, 2.45) is 0 Å². The van der Waals surface area contributed by atoms with Gasteiger partial charge in [-0.3, -0.25) is 4.79 Å². The number of nitrogens with two attached hydrogens (primary N) is 1. The summed E-state index contributed by atoms with van der Waals surface area (Å²) in [5.74, 6) is 7.30. The maximum Gasteiger partial charge on any atom is 0.237 e. The number of amides is 1. The Morgan fingerprint density at radius 3 is 2.53 bits per heavy atom. The van der Waals surface area contributed by atoms with E-state index < -0.39 is 5.25 Å². The predicted molar refractivity (Wildman–Crippen MR) is 120 cm³/mol. The Balaban J connectivity index is 1.45. The molecule has 0 fully saturated rings. The lowest BCUT2D eigenvalue weighted by molar-refractivity contribution is -0.115. The molecule has 0 radical (unpaired) electrons. The number of ether oxygens (including phenoxy) is 1. The van der Waals surface area contributed by atoms with Gasteiger partial charge in [-0.25, -0.2) is 4.68 Å². The number of rotatable bonds is 6. The van der Waals surface area contributed by atoms with Gasteiger partial charge >= 0.3 is 0 Å². The summed E-state index contributed by atoms with van der Waals surface area (Å²) in [4.78, 5) is 12.7. The molecule has 0 aliphatic rings. The normalized spacial score (nSPS) is 11.9. The summed E-state index contributed by atoms with van der Waals surface area (Å²) in [6, 6.07) is 21.2. The Hall–Kier alpha value is -3.52. The van der Waals surface area contributed by atoms with Crippen LogP contribution in [0.3, 0.4) is 0 Å². The van der Waals surface area contributed by atoms with Crippen LogP contribution in [-0.2, 0) is 4.79 Å². The van der Waals surface area contributed by atoms with Crippen LogP contribution in [0.4, 0.5) is 5.69 Å². The highest BCUT2D eigenvalue weighted by molar-refractivity contribution is 8.00. The first-order valence-corrected chi connectivity index (χ1v) is 10.2. The molecule has 0 saturated heterocycles. The van der Waals surface area contributed by atoms with Crippen LogP contribution >= 0.6 is 11.8 Å². The number of nitrogens with one attached hydrogen (secondary N) is 1. The Bertz CT molecular complexity index is 1190. The smallest absolute Gasteiger partial charge is 0.237 e. The van der Waals surface area contributed by atoms with Gasteiger partial charge in [0.05, 0.1) is 12.4 Å². The van der Waals surface area contributed by atoms with Crippen molar-refractivity contribution in [3.63, 3.8) is 0 Å². The summed E-state index contributed by atoms with van der Waals surface area (Å²) < 4.78 is 6.56. The average Bonchev–Trinajstić information content (AvgIpc) is 3.13. The number of nitrogen functional groups attached to an aromatic ring is 1. The van der Waals surface area contributed by atoms with Gasteiger partial charge < -0.3 is 15.9 Å². The molecule has 1 aromatic heterocycles. The van der Waals surface area contributed by atoms with Gasteiger partial charge in [-0.05, 0) is 54.1 Å². The van der Waals surface area contributed by atoms with Crippen LogP contribution in [0, 0.1) is 0 Å². The largest absolute Gasteiger partial charge is 0.497 e. The molecule has 4 aromatic rings. The molecule has 8 heteroatoms.